The van der Waals surface area contributed by atoms with E-state index in [1.807, 2.05) is 12.1 Å². The standard InChI is InChI=1S/C13H16Cl2O/c1-9-7-11(15)4-5-12(9)13-10(8-14)3-2-6-16-13/h4-5,7,10,13H,2-3,6,8H2,1H3. The number of hydrogen-bond donors (Lipinski definition) is 0. The maximum atomic E-state index is 6.00. The van der Waals surface area contributed by atoms with Crippen LogP contribution in [0.25, 0.3) is 0 Å². The van der Waals surface area contributed by atoms with Gasteiger partial charge in [0.15, 0.2) is 0 Å². The molecule has 0 aliphatic carbocycles. The minimum atomic E-state index is 0.142. The van der Waals surface area contributed by atoms with Crippen molar-refractivity contribution in [3.63, 3.8) is 0 Å². The van der Waals surface area contributed by atoms with Crippen LogP contribution in [-0.4, -0.2) is 12.5 Å². The predicted molar refractivity (Wildman–Crippen MR) is 68.3 cm³/mol. The van der Waals surface area contributed by atoms with Crippen molar-refractivity contribution in [1.82, 2.24) is 0 Å². The van der Waals surface area contributed by atoms with Gasteiger partial charge in [0.2, 0.25) is 0 Å². The molecule has 1 nitrogen and oxygen atoms in total. The van der Waals surface area contributed by atoms with E-state index in [2.05, 4.69) is 13.0 Å². The van der Waals surface area contributed by atoms with E-state index in [9.17, 15) is 0 Å². The lowest BCUT2D eigenvalue weighted by molar-refractivity contribution is -0.0211. The van der Waals surface area contributed by atoms with Gasteiger partial charge in [0.1, 0.15) is 0 Å². The summed E-state index contributed by atoms with van der Waals surface area (Å²) in [5.74, 6) is 1.09. The van der Waals surface area contributed by atoms with Crippen molar-refractivity contribution in [3.05, 3.63) is 34.3 Å². The zero-order valence-electron chi connectivity index (χ0n) is 9.38. The van der Waals surface area contributed by atoms with E-state index in [0.717, 1.165) is 24.5 Å². The molecule has 0 aromatic heterocycles. The normalized spacial score (nSPS) is 25.7. The molecule has 1 aliphatic rings. The molecule has 16 heavy (non-hydrogen) atoms. The second-order valence-corrected chi connectivity index (χ2v) is 5.09. The van der Waals surface area contributed by atoms with E-state index in [0.29, 0.717) is 11.8 Å². The first-order valence-corrected chi connectivity index (χ1v) is 6.57. The highest BCUT2D eigenvalue weighted by molar-refractivity contribution is 6.30. The molecule has 2 rings (SSSR count). The molecule has 0 amide bonds. The number of hydrogen-bond acceptors (Lipinski definition) is 1. The van der Waals surface area contributed by atoms with Gasteiger partial charge in [0.05, 0.1) is 6.10 Å². The molecule has 1 aromatic carbocycles. The van der Waals surface area contributed by atoms with Crippen LogP contribution in [0.2, 0.25) is 5.02 Å². The summed E-state index contributed by atoms with van der Waals surface area (Å²) in [6.07, 6.45) is 2.40. The molecule has 0 bridgehead atoms. The second kappa shape index (κ2) is 5.39. The van der Waals surface area contributed by atoms with Gasteiger partial charge < -0.3 is 4.74 Å². The third kappa shape index (κ3) is 2.53. The highest BCUT2D eigenvalue weighted by atomic mass is 35.5. The van der Waals surface area contributed by atoms with Gasteiger partial charge in [0, 0.05) is 23.4 Å². The molecule has 2 atom stereocenters. The van der Waals surface area contributed by atoms with Crippen LogP contribution < -0.4 is 0 Å². The highest BCUT2D eigenvalue weighted by Gasteiger charge is 2.27. The van der Waals surface area contributed by atoms with E-state index < -0.39 is 0 Å². The summed E-state index contributed by atoms with van der Waals surface area (Å²) >= 11 is 12.0. The van der Waals surface area contributed by atoms with E-state index in [-0.39, 0.29) is 6.10 Å². The maximum Gasteiger partial charge on any atom is 0.0867 e. The fourth-order valence-corrected chi connectivity index (χ4v) is 2.85. The largest absolute Gasteiger partial charge is 0.373 e. The first kappa shape index (κ1) is 12.2. The Morgan fingerprint density at radius 1 is 1.44 bits per heavy atom. The number of aryl methyl sites for hydroxylation is 1. The molecular formula is C13H16Cl2O. The predicted octanol–water partition coefficient (Wildman–Crippen LogP) is 4.35. The van der Waals surface area contributed by atoms with E-state index >= 15 is 0 Å². The smallest absolute Gasteiger partial charge is 0.0867 e. The van der Waals surface area contributed by atoms with Crippen molar-refractivity contribution in [3.8, 4) is 0 Å². The van der Waals surface area contributed by atoms with Crippen molar-refractivity contribution in [2.24, 2.45) is 5.92 Å². The van der Waals surface area contributed by atoms with Crippen LogP contribution in [0.4, 0.5) is 0 Å². The monoisotopic (exact) mass is 258 g/mol. The first-order valence-electron chi connectivity index (χ1n) is 5.66. The number of alkyl halides is 1. The van der Waals surface area contributed by atoms with Gasteiger partial charge in [-0.25, -0.2) is 0 Å². The highest BCUT2D eigenvalue weighted by Crippen LogP contribution is 2.36. The Bertz CT molecular complexity index is 365. The fourth-order valence-electron chi connectivity index (χ4n) is 2.30. The number of halogens is 2. The lowest BCUT2D eigenvalue weighted by atomic mass is 9.89. The topological polar surface area (TPSA) is 9.23 Å². The zero-order valence-corrected chi connectivity index (χ0v) is 10.9. The van der Waals surface area contributed by atoms with Gasteiger partial charge in [-0.15, -0.1) is 11.6 Å². The van der Waals surface area contributed by atoms with Crippen molar-refractivity contribution >= 4 is 23.2 Å². The molecule has 0 radical (unpaired) electrons. The van der Waals surface area contributed by atoms with Gasteiger partial charge in [-0.3, -0.25) is 0 Å². The van der Waals surface area contributed by atoms with Crippen LogP contribution in [-0.2, 0) is 4.74 Å². The molecule has 0 N–H and O–H groups in total. The Balaban J connectivity index is 2.27. The molecule has 1 heterocycles. The summed E-state index contributed by atoms with van der Waals surface area (Å²) < 4.78 is 5.86. The van der Waals surface area contributed by atoms with Crippen LogP contribution in [0.3, 0.4) is 0 Å². The molecule has 0 spiro atoms. The van der Waals surface area contributed by atoms with Gasteiger partial charge in [-0.05, 0) is 43.0 Å². The van der Waals surface area contributed by atoms with Gasteiger partial charge in [-0.2, -0.15) is 0 Å². The Kier molecular flexibility index (Phi) is 4.12. The molecular weight excluding hydrogens is 243 g/mol. The zero-order chi connectivity index (χ0) is 11.5. The lowest BCUT2D eigenvalue weighted by Gasteiger charge is -2.31. The molecule has 1 aromatic rings. The summed E-state index contributed by atoms with van der Waals surface area (Å²) in [4.78, 5) is 0. The summed E-state index contributed by atoms with van der Waals surface area (Å²) in [5.41, 5.74) is 2.42. The maximum absolute atomic E-state index is 6.00. The third-order valence-electron chi connectivity index (χ3n) is 3.18. The van der Waals surface area contributed by atoms with Gasteiger partial charge >= 0.3 is 0 Å². The molecule has 88 valence electrons. The molecule has 2 unspecified atom stereocenters. The summed E-state index contributed by atoms with van der Waals surface area (Å²) in [7, 11) is 0. The van der Waals surface area contributed by atoms with Crippen molar-refractivity contribution in [2.45, 2.75) is 25.9 Å². The minimum Gasteiger partial charge on any atom is -0.373 e. The van der Waals surface area contributed by atoms with Crippen LogP contribution in [0.15, 0.2) is 18.2 Å². The average molecular weight is 259 g/mol. The molecule has 3 heteroatoms. The molecule has 0 saturated carbocycles. The number of benzene rings is 1. The summed E-state index contributed by atoms with van der Waals surface area (Å²) in [6.45, 7) is 2.91. The van der Waals surface area contributed by atoms with E-state index in [4.69, 9.17) is 27.9 Å². The Labute approximate surface area is 107 Å². The van der Waals surface area contributed by atoms with Crippen molar-refractivity contribution < 1.29 is 4.74 Å². The second-order valence-electron chi connectivity index (χ2n) is 4.35. The Hall–Kier alpha value is -0.240. The van der Waals surface area contributed by atoms with Crippen LogP contribution >= 0.6 is 23.2 Å². The van der Waals surface area contributed by atoms with Crippen molar-refractivity contribution in [1.29, 1.82) is 0 Å². The van der Waals surface area contributed by atoms with E-state index in [1.165, 1.54) is 11.1 Å². The lowest BCUT2D eigenvalue weighted by Crippen LogP contribution is -2.24. The van der Waals surface area contributed by atoms with Gasteiger partial charge in [-0.1, -0.05) is 17.7 Å². The molecule has 1 fully saturated rings. The molecule has 1 aliphatic heterocycles. The average Bonchev–Trinajstić information content (AvgIpc) is 2.29. The van der Waals surface area contributed by atoms with Crippen LogP contribution in [0.5, 0.6) is 0 Å². The SMILES string of the molecule is Cc1cc(Cl)ccc1C1OCCCC1CCl. The third-order valence-corrected chi connectivity index (χ3v) is 3.81. The quantitative estimate of drug-likeness (QED) is 0.717. The minimum absolute atomic E-state index is 0.142. The van der Waals surface area contributed by atoms with Gasteiger partial charge in [0.25, 0.3) is 0 Å². The number of ether oxygens (including phenoxy) is 1. The van der Waals surface area contributed by atoms with Crippen LogP contribution in [0.1, 0.15) is 30.1 Å². The molecule has 1 saturated heterocycles. The summed E-state index contributed by atoms with van der Waals surface area (Å²) in [6, 6.07) is 5.97. The van der Waals surface area contributed by atoms with Crippen LogP contribution in [0, 0.1) is 12.8 Å². The van der Waals surface area contributed by atoms with Crippen molar-refractivity contribution in [2.75, 3.05) is 12.5 Å². The fraction of sp³-hybridized carbons (Fsp3) is 0.538. The number of rotatable bonds is 2. The Morgan fingerprint density at radius 2 is 2.25 bits per heavy atom. The summed E-state index contributed by atoms with van der Waals surface area (Å²) in [5, 5.41) is 0.777. The first-order chi connectivity index (χ1) is 7.72. The Morgan fingerprint density at radius 3 is 2.94 bits per heavy atom. The van der Waals surface area contributed by atoms with E-state index in [1.54, 1.807) is 0 Å².